The van der Waals surface area contributed by atoms with Gasteiger partial charge >= 0.3 is 0 Å². The molecule has 1 aromatic carbocycles. The number of aromatic nitrogens is 1. The molecule has 4 rings (SSSR count). The minimum Gasteiger partial charge on any atom is -0.332 e. The van der Waals surface area contributed by atoms with Crippen molar-refractivity contribution in [3.05, 3.63) is 58.4 Å². The SMILES string of the molecule is NS(=O)(=O)c1ccc(CC(=O)N2C3CCC2c2cc(Cl)cnc2C3)cc1. The number of nitrogens with two attached hydrogens (primary N) is 1. The van der Waals surface area contributed by atoms with E-state index >= 15 is 0 Å². The molecule has 0 saturated carbocycles. The first kappa shape index (κ1) is 17.5. The van der Waals surface area contributed by atoms with Crippen molar-refractivity contribution in [3.8, 4) is 0 Å². The molecule has 0 radical (unpaired) electrons. The molecule has 1 aromatic heterocycles. The van der Waals surface area contributed by atoms with Gasteiger partial charge in [-0.05, 0) is 42.2 Å². The van der Waals surface area contributed by atoms with Crippen LogP contribution in [0, 0.1) is 0 Å². The number of carbonyl (C=O) groups is 1. The average molecular weight is 392 g/mol. The quantitative estimate of drug-likeness (QED) is 0.867. The number of nitrogens with zero attached hydrogens (tertiary/aromatic N) is 2. The summed E-state index contributed by atoms with van der Waals surface area (Å²) < 4.78 is 22.7. The van der Waals surface area contributed by atoms with Crippen LogP contribution in [0.15, 0.2) is 41.4 Å². The highest BCUT2D eigenvalue weighted by Gasteiger charge is 2.42. The number of primary sulfonamides is 1. The number of sulfonamides is 1. The van der Waals surface area contributed by atoms with Crippen molar-refractivity contribution in [2.24, 2.45) is 5.14 Å². The summed E-state index contributed by atoms with van der Waals surface area (Å²) in [7, 11) is -3.73. The molecule has 2 bridgehead atoms. The van der Waals surface area contributed by atoms with E-state index in [9.17, 15) is 13.2 Å². The number of halogens is 1. The highest BCUT2D eigenvalue weighted by molar-refractivity contribution is 7.89. The van der Waals surface area contributed by atoms with Gasteiger partial charge in [-0.15, -0.1) is 0 Å². The Bertz CT molecular complexity index is 976. The fourth-order valence-corrected chi connectivity index (χ4v) is 4.68. The van der Waals surface area contributed by atoms with Gasteiger partial charge in [0.15, 0.2) is 0 Å². The molecule has 8 heteroatoms. The van der Waals surface area contributed by atoms with E-state index in [1.807, 2.05) is 11.0 Å². The summed E-state index contributed by atoms with van der Waals surface area (Å²) in [5.41, 5.74) is 2.84. The minimum absolute atomic E-state index is 0.0196. The number of benzene rings is 1. The van der Waals surface area contributed by atoms with Gasteiger partial charge in [-0.1, -0.05) is 23.7 Å². The minimum atomic E-state index is -3.73. The maximum Gasteiger partial charge on any atom is 0.238 e. The molecule has 2 aromatic rings. The van der Waals surface area contributed by atoms with E-state index in [0.717, 1.165) is 36.1 Å². The highest BCUT2D eigenvalue weighted by Crippen LogP contribution is 2.43. The normalized spacial score (nSPS) is 21.5. The molecule has 6 nitrogen and oxygen atoms in total. The second-order valence-corrected chi connectivity index (χ2v) is 8.81. The predicted molar refractivity (Wildman–Crippen MR) is 97.1 cm³/mol. The third-order valence-electron chi connectivity index (χ3n) is 5.16. The summed E-state index contributed by atoms with van der Waals surface area (Å²) in [6.07, 6.45) is 4.50. The third kappa shape index (κ3) is 3.11. The molecular formula is C18H18ClN3O3S. The Labute approximate surface area is 157 Å². The Balaban J connectivity index is 1.56. The number of fused-ring (bicyclic) bond motifs is 4. The van der Waals surface area contributed by atoms with Gasteiger partial charge in [0, 0.05) is 24.4 Å². The summed E-state index contributed by atoms with van der Waals surface area (Å²) in [5, 5.41) is 5.69. The number of carbonyl (C=O) groups excluding carboxylic acids is 1. The zero-order valence-corrected chi connectivity index (χ0v) is 15.5. The lowest BCUT2D eigenvalue weighted by molar-refractivity contribution is -0.134. The number of pyridine rings is 1. The van der Waals surface area contributed by atoms with Gasteiger partial charge in [0.2, 0.25) is 15.9 Å². The largest absolute Gasteiger partial charge is 0.332 e. The van der Waals surface area contributed by atoms with Crippen LogP contribution in [0.1, 0.15) is 35.7 Å². The van der Waals surface area contributed by atoms with Gasteiger partial charge in [0.1, 0.15) is 0 Å². The first-order valence-electron chi connectivity index (χ1n) is 8.40. The molecule has 2 N–H and O–H groups in total. The molecular weight excluding hydrogens is 374 g/mol. The van der Waals surface area contributed by atoms with Crippen molar-refractivity contribution in [1.29, 1.82) is 0 Å². The molecule has 2 aliphatic rings. The van der Waals surface area contributed by atoms with E-state index in [-0.39, 0.29) is 29.3 Å². The topological polar surface area (TPSA) is 93.4 Å². The smallest absolute Gasteiger partial charge is 0.238 e. The van der Waals surface area contributed by atoms with Crippen molar-refractivity contribution in [1.82, 2.24) is 9.88 Å². The van der Waals surface area contributed by atoms with Gasteiger partial charge in [-0.3, -0.25) is 9.78 Å². The summed E-state index contributed by atoms with van der Waals surface area (Å²) in [5.74, 6) is 0.0338. The van der Waals surface area contributed by atoms with Gasteiger partial charge in [0.05, 0.1) is 22.4 Å². The Morgan fingerprint density at radius 1 is 1.27 bits per heavy atom. The number of hydrogen-bond acceptors (Lipinski definition) is 4. The average Bonchev–Trinajstić information content (AvgIpc) is 2.91. The molecule has 136 valence electrons. The Morgan fingerprint density at radius 3 is 2.69 bits per heavy atom. The second kappa shape index (κ2) is 6.33. The Hall–Kier alpha value is -1.96. The van der Waals surface area contributed by atoms with E-state index in [1.54, 1.807) is 18.3 Å². The maximum absolute atomic E-state index is 12.9. The van der Waals surface area contributed by atoms with Crippen molar-refractivity contribution < 1.29 is 13.2 Å². The number of amides is 1. The van der Waals surface area contributed by atoms with E-state index in [0.29, 0.717) is 5.02 Å². The lowest BCUT2D eigenvalue weighted by Crippen LogP contribution is -2.43. The van der Waals surface area contributed by atoms with E-state index < -0.39 is 10.0 Å². The van der Waals surface area contributed by atoms with Gasteiger partial charge < -0.3 is 4.90 Å². The lowest BCUT2D eigenvalue weighted by Gasteiger charge is -2.36. The summed E-state index contributed by atoms with van der Waals surface area (Å²) in [6.45, 7) is 0. The second-order valence-electron chi connectivity index (χ2n) is 6.81. The van der Waals surface area contributed by atoms with Crippen LogP contribution in [-0.2, 0) is 27.7 Å². The molecule has 1 saturated heterocycles. The van der Waals surface area contributed by atoms with Gasteiger partial charge in [-0.25, -0.2) is 13.6 Å². The molecule has 3 heterocycles. The van der Waals surface area contributed by atoms with E-state index in [1.165, 1.54) is 12.1 Å². The van der Waals surface area contributed by atoms with Gasteiger partial charge in [-0.2, -0.15) is 0 Å². The van der Waals surface area contributed by atoms with Crippen LogP contribution in [0.4, 0.5) is 0 Å². The molecule has 2 aliphatic heterocycles. The van der Waals surface area contributed by atoms with Crippen LogP contribution in [0.25, 0.3) is 0 Å². The summed E-state index contributed by atoms with van der Waals surface area (Å²) in [4.78, 5) is 19.4. The maximum atomic E-state index is 12.9. The monoisotopic (exact) mass is 391 g/mol. The summed E-state index contributed by atoms with van der Waals surface area (Å²) in [6, 6.07) is 8.23. The van der Waals surface area contributed by atoms with Crippen LogP contribution < -0.4 is 5.14 Å². The fourth-order valence-electron chi connectivity index (χ4n) is 3.99. The highest BCUT2D eigenvalue weighted by atomic mass is 35.5. The standard InChI is InChI=1S/C18H18ClN3O3S/c19-12-8-15-16(21-10-12)9-13-3-6-17(15)22(13)18(23)7-11-1-4-14(5-2-11)26(20,24)25/h1-2,4-5,8,10,13,17H,3,6-7,9H2,(H2,20,24,25). The van der Waals surface area contributed by atoms with Crippen molar-refractivity contribution >= 4 is 27.5 Å². The first-order valence-corrected chi connectivity index (χ1v) is 10.3. The third-order valence-corrected chi connectivity index (χ3v) is 6.29. The molecule has 0 aliphatic carbocycles. The van der Waals surface area contributed by atoms with Crippen molar-refractivity contribution in [3.63, 3.8) is 0 Å². The van der Waals surface area contributed by atoms with E-state index in [2.05, 4.69) is 4.98 Å². The van der Waals surface area contributed by atoms with Crippen LogP contribution in [0.3, 0.4) is 0 Å². The molecule has 2 atom stereocenters. The van der Waals surface area contributed by atoms with Crippen molar-refractivity contribution in [2.75, 3.05) is 0 Å². The number of hydrogen-bond donors (Lipinski definition) is 1. The van der Waals surface area contributed by atoms with Crippen molar-refractivity contribution in [2.45, 2.75) is 42.7 Å². The molecule has 0 spiro atoms. The zero-order chi connectivity index (χ0) is 18.5. The van der Waals surface area contributed by atoms with Crippen LogP contribution in [0.5, 0.6) is 0 Å². The molecule has 1 amide bonds. The van der Waals surface area contributed by atoms with Crippen LogP contribution in [0.2, 0.25) is 5.02 Å². The van der Waals surface area contributed by atoms with Gasteiger partial charge in [0.25, 0.3) is 0 Å². The number of rotatable bonds is 3. The predicted octanol–water partition coefficient (Wildman–Crippen LogP) is 2.21. The van der Waals surface area contributed by atoms with Crippen LogP contribution in [-0.4, -0.2) is 30.3 Å². The summed E-state index contributed by atoms with van der Waals surface area (Å²) >= 11 is 6.10. The fraction of sp³-hybridized carbons (Fsp3) is 0.333. The Kier molecular flexibility index (Phi) is 4.25. The van der Waals surface area contributed by atoms with E-state index in [4.69, 9.17) is 16.7 Å². The molecule has 2 unspecified atom stereocenters. The molecule has 26 heavy (non-hydrogen) atoms. The van der Waals surface area contributed by atoms with Crippen LogP contribution >= 0.6 is 11.6 Å². The lowest BCUT2D eigenvalue weighted by atomic mass is 9.97. The molecule has 1 fully saturated rings. The Morgan fingerprint density at radius 2 is 2.00 bits per heavy atom. The first-order chi connectivity index (χ1) is 12.3. The zero-order valence-electron chi connectivity index (χ0n) is 13.9.